The predicted molar refractivity (Wildman–Crippen MR) is 42.3 cm³/mol. The van der Waals surface area contributed by atoms with Gasteiger partial charge in [-0.1, -0.05) is 12.8 Å². The van der Waals surface area contributed by atoms with Gasteiger partial charge in [0.25, 0.3) is 0 Å². The fourth-order valence-corrected chi connectivity index (χ4v) is 2.34. The van der Waals surface area contributed by atoms with Gasteiger partial charge in [0.05, 0.1) is 12.2 Å². The van der Waals surface area contributed by atoms with Crippen molar-refractivity contribution >= 4 is 0 Å². The Morgan fingerprint density at radius 1 is 1.09 bits per heavy atom. The highest BCUT2D eigenvalue weighted by Gasteiger charge is 2.34. The Labute approximate surface area is 67.6 Å². The Bertz CT molecular complexity index is 130. The number of ether oxygens (including phenoxy) is 1. The molecule has 2 rings (SSSR count). The zero-order chi connectivity index (χ0) is 7.68. The van der Waals surface area contributed by atoms with E-state index in [1.807, 2.05) is 0 Å². The van der Waals surface area contributed by atoms with Gasteiger partial charge in [0.2, 0.25) is 0 Å². The van der Waals surface area contributed by atoms with Crippen molar-refractivity contribution in [1.29, 1.82) is 0 Å². The Morgan fingerprint density at radius 3 is 2.36 bits per heavy atom. The van der Waals surface area contributed by atoms with Crippen molar-refractivity contribution in [2.24, 2.45) is 5.92 Å². The fraction of sp³-hybridized carbons (Fsp3) is 1.00. The Balaban J connectivity index is 1.92. The molecule has 1 aliphatic heterocycles. The third kappa shape index (κ3) is 1.42. The highest BCUT2D eigenvalue weighted by molar-refractivity contribution is 4.84. The molecule has 1 saturated heterocycles. The normalized spacial score (nSPS) is 40.1. The summed E-state index contributed by atoms with van der Waals surface area (Å²) in [5.74, 6) is 0.660. The molecule has 0 aromatic heterocycles. The lowest BCUT2D eigenvalue weighted by molar-refractivity contribution is 0.00373. The number of aliphatic hydroxyl groups excluding tert-OH is 1. The first-order chi connectivity index (χ1) is 5.38. The van der Waals surface area contributed by atoms with Crippen LogP contribution in [0.15, 0.2) is 0 Å². The molecule has 0 amide bonds. The van der Waals surface area contributed by atoms with Crippen LogP contribution in [0.25, 0.3) is 0 Å². The van der Waals surface area contributed by atoms with Crippen molar-refractivity contribution in [2.45, 2.75) is 44.3 Å². The average Bonchev–Trinajstić information content (AvgIpc) is 2.55. The number of aliphatic hydroxyl groups is 1. The van der Waals surface area contributed by atoms with Gasteiger partial charge in [0, 0.05) is 6.61 Å². The molecule has 2 heteroatoms. The van der Waals surface area contributed by atoms with Gasteiger partial charge in [0.1, 0.15) is 0 Å². The topological polar surface area (TPSA) is 29.5 Å². The van der Waals surface area contributed by atoms with Crippen LogP contribution in [0.4, 0.5) is 0 Å². The minimum absolute atomic E-state index is 0.168. The fourth-order valence-electron chi connectivity index (χ4n) is 2.34. The maximum Gasteiger partial charge on any atom is 0.0862 e. The molecule has 2 atom stereocenters. The van der Waals surface area contributed by atoms with E-state index in [0.717, 1.165) is 13.0 Å². The van der Waals surface area contributed by atoms with Gasteiger partial charge in [-0.2, -0.15) is 0 Å². The van der Waals surface area contributed by atoms with Gasteiger partial charge in [0.15, 0.2) is 0 Å². The van der Waals surface area contributed by atoms with Crippen molar-refractivity contribution in [3.05, 3.63) is 0 Å². The Morgan fingerprint density at radius 2 is 1.82 bits per heavy atom. The lowest BCUT2D eigenvalue weighted by Crippen LogP contribution is -2.28. The van der Waals surface area contributed by atoms with Crippen molar-refractivity contribution in [1.82, 2.24) is 0 Å². The molecule has 1 heterocycles. The molecule has 0 spiro atoms. The van der Waals surface area contributed by atoms with Crippen molar-refractivity contribution in [3.8, 4) is 0 Å². The summed E-state index contributed by atoms with van der Waals surface area (Å²) >= 11 is 0. The van der Waals surface area contributed by atoms with Crippen molar-refractivity contribution in [3.63, 3.8) is 0 Å². The Hall–Kier alpha value is -0.0800. The molecule has 11 heavy (non-hydrogen) atoms. The van der Waals surface area contributed by atoms with E-state index in [1.54, 1.807) is 0 Å². The minimum atomic E-state index is -0.168. The van der Waals surface area contributed by atoms with Crippen LogP contribution in [0.3, 0.4) is 0 Å². The van der Waals surface area contributed by atoms with E-state index in [9.17, 15) is 5.11 Å². The molecule has 0 bridgehead atoms. The molecule has 1 aliphatic carbocycles. The van der Waals surface area contributed by atoms with Gasteiger partial charge in [-0.25, -0.2) is 0 Å². The molecule has 2 nitrogen and oxygen atoms in total. The molecule has 64 valence electrons. The summed E-state index contributed by atoms with van der Waals surface area (Å²) in [6, 6.07) is 0. The second-order valence-corrected chi connectivity index (χ2v) is 3.74. The van der Waals surface area contributed by atoms with E-state index in [-0.39, 0.29) is 12.2 Å². The quantitative estimate of drug-likeness (QED) is 0.620. The molecule has 0 aromatic carbocycles. The lowest BCUT2D eigenvalue weighted by atomic mass is 9.97. The molecular formula is C9H16O2. The number of rotatable bonds is 1. The van der Waals surface area contributed by atoms with Crippen LogP contribution >= 0.6 is 0 Å². The standard InChI is InChI=1S/C9H16O2/c10-8-5-6-11-9(8)7-3-1-2-4-7/h7-10H,1-6H2. The summed E-state index contributed by atoms with van der Waals surface area (Å²) in [7, 11) is 0. The average molecular weight is 156 g/mol. The molecule has 0 aromatic rings. The highest BCUT2D eigenvalue weighted by Crippen LogP contribution is 2.33. The smallest absolute Gasteiger partial charge is 0.0862 e. The summed E-state index contributed by atoms with van der Waals surface area (Å²) in [5.41, 5.74) is 0. The monoisotopic (exact) mass is 156 g/mol. The second-order valence-electron chi connectivity index (χ2n) is 3.74. The van der Waals surface area contributed by atoms with E-state index < -0.39 is 0 Å². The van der Waals surface area contributed by atoms with Gasteiger partial charge in [-0.05, 0) is 25.2 Å². The molecule has 0 radical (unpaired) electrons. The van der Waals surface area contributed by atoms with Crippen molar-refractivity contribution in [2.75, 3.05) is 6.61 Å². The second kappa shape index (κ2) is 3.11. The van der Waals surface area contributed by atoms with E-state index in [4.69, 9.17) is 4.74 Å². The van der Waals surface area contributed by atoms with Crippen LogP contribution in [0.5, 0.6) is 0 Å². The molecular weight excluding hydrogens is 140 g/mol. The number of hydrogen-bond donors (Lipinski definition) is 1. The molecule has 1 N–H and O–H groups in total. The maximum absolute atomic E-state index is 9.52. The summed E-state index contributed by atoms with van der Waals surface area (Å²) in [5, 5.41) is 9.52. The van der Waals surface area contributed by atoms with Crippen LogP contribution < -0.4 is 0 Å². The third-order valence-corrected chi connectivity index (χ3v) is 2.97. The van der Waals surface area contributed by atoms with E-state index in [0.29, 0.717) is 5.92 Å². The largest absolute Gasteiger partial charge is 0.390 e. The first-order valence-electron chi connectivity index (χ1n) is 4.67. The summed E-state index contributed by atoms with van der Waals surface area (Å²) in [6.45, 7) is 0.766. The molecule has 1 saturated carbocycles. The van der Waals surface area contributed by atoms with E-state index >= 15 is 0 Å². The molecule has 2 fully saturated rings. The number of hydrogen-bond acceptors (Lipinski definition) is 2. The summed E-state index contributed by atoms with van der Waals surface area (Å²) in [4.78, 5) is 0. The summed E-state index contributed by atoms with van der Waals surface area (Å²) in [6.07, 6.45) is 6.05. The van der Waals surface area contributed by atoms with Gasteiger partial charge >= 0.3 is 0 Å². The predicted octanol–water partition coefficient (Wildman–Crippen LogP) is 1.33. The molecule has 2 unspecified atom stereocenters. The van der Waals surface area contributed by atoms with Crippen LogP contribution in [0.2, 0.25) is 0 Å². The van der Waals surface area contributed by atoms with Gasteiger partial charge in [-0.15, -0.1) is 0 Å². The van der Waals surface area contributed by atoms with Gasteiger partial charge < -0.3 is 9.84 Å². The Kier molecular flexibility index (Phi) is 2.14. The summed E-state index contributed by atoms with van der Waals surface area (Å²) < 4.78 is 5.50. The zero-order valence-corrected chi connectivity index (χ0v) is 6.83. The third-order valence-electron chi connectivity index (χ3n) is 2.97. The van der Waals surface area contributed by atoms with E-state index in [2.05, 4.69) is 0 Å². The van der Waals surface area contributed by atoms with E-state index in [1.165, 1.54) is 25.7 Å². The zero-order valence-electron chi connectivity index (χ0n) is 6.83. The first kappa shape index (κ1) is 7.56. The van der Waals surface area contributed by atoms with Crippen LogP contribution in [0, 0.1) is 5.92 Å². The highest BCUT2D eigenvalue weighted by atomic mass is 16.5. The van der Waals surface area contributed by atoms with Crippen LogP contribution in [-0.4, -0.2) is 23.9 Å². The first-order valence-corrected chi connectivity index (χ1v) is 4.67. The molecule has 2 aliphatic rings. The SMILES string of the molecule is OC1CCOC1C1CCCC1. The van der Waals surface area contributed by atoms with Crippen molar-refractivity contribution < 1.29 is 9.84 Å². The van der Waals surface area contributed by atoms with Crippen LogP contribution in [0.1, 0.15) is 32.1 Å². The van der Waals surface area contributed by atoms with Gasteiger partial charge in [-0.3, -0.25) is 0 Å². The minimum Gasteiger partial charge on any atom is -0.390 e. The maximum atomic E-state index is 9.52. The lowest BCUT2D eigenvalue weighted by Gasteiger charge is -2.20. The van der Waals surface area contributed by atoms with Crippen LogP contribution in [-0.2, 0) is 4.74 Å².